The number of amides is 3. The fourth-order valence-electron chi connectivity index (χ4n) is 4.57. The van der Waals surface area contributed by atoms with Gasteiger partial charge in [0.2, 0.25) is 0 Å². The fourth-order valence-corrected chi connectivity index (χ4v) is 4.57. The van der Waals surface area contributed by atoms with Crippen molar-refractivity contribution in [3.8, 4) is 0 Å². The molecule has 4 heterocycles. The van der Waals surface area contributed by atoms with Gasteiger partial charge in [0.05, 0.1) is 36.6 Å². The molecule has 12 heteroatoms. The lowest BCUT2D eigenvalue weighted by molar-refractivity contribution is 0.0302. The minimum Gasteiger partial charge on any atom is -0.394 e. The third kappa shape index (κ3) is 5.92. The van der Waals surface area contributed by atoms with Gasteiger partial charge in [-0.2, -0.15) is 0 Å². The lowest BCUT2D eigenvalue weighted by atomic mass is 10.1. The summed E-state index contributed by atoms with van der Waals surface area (Å²) < 4.78 is 7.35. The first kappa shape index (κ1) is 27.2. The molecule has 0 atom stereocenters. The summed E-state index contributed by atoms with van der Waals surface area (Å²) in [6.07, 6.45) is 7.17. The minimum absolute atomic E-state index is 0.0569. The van der Waals surface area contributed by atoms with E-state index in [0.717, 1.165) is 22.8 Å². The van der Waals surface area contributed by atoms with Crippen molar-refractivity contribution in [3.05, 3.63) is 72.1 Å². The molecular formula is C28H34N8O4. The number of hydrogen-bond acceptors (Lipinski definition) is 8. The van der Waals surface area contributed by atoms with Gasteiger partial charge in [-0.25, -0.2) is 14.8 Å². The van der Waals surface area contributed by atoms with E-state index in [2.05, 4.69) is 30.8 Å². The lowest BCUT2D eigenvalue weighted by Crippen LogP contribution is -2.48. The average Bonchev–Trinajstić information content (AvgIpc) is 3.44. The van der Waals surface area contributed by atoms with Crippen molar-refractivity contribution in [2.24, 2.45) is 0 Å². The number of pyridine rings is 1. The van der Waals surface area contributed by atoms with Gasteiger partial charge in [0, 0.05) is 49.3 Å². The summed E-state index contributed by atoms with van der Waals surface area (Å²) in [5.41, 5.74) is 2.95. The number of anilines is 3. The van der Waals surface area contributed by atoms with Gasteiger partial charge in [0.1, 0.15) is 12.5 Å². The van der Waals surface area contributed by atoms with Crippen LogP contribution in [-0.2, 0) is 11.4 Å². The van der Waals surface area contributed by atoms with Gasteiger partial charge in [0.25, 0.3) is 5.91 Å². The number of urea groups is 1. The number of fused-ring (bicyclic) bond motifs is 1. The summed E-state index contributed by atoms with van der Waals surface area (Å²) in [7, 11) is 0. The molecule has 1 saturated heterocycles. The molecule has 0 saturated carbocycles. The van der Waals surface area contributed by atoms with Crippen molar-refractivity contribution < 1.29 is 19.4 Å². The van der Waals surface area contributed by atoms with E-state index in [-0.39, 0.29) is 12.5 Å². The molecule has 2 aliphatic heterocycles. The van der Waals surface area contributed by atoms with E-state index < -0.39 is 11.6 Å². The molecule has 3 amide bonds. The molecule has 1 aromatic carbocycles. The number of carbonyl (C=O) groups is 2. The molecule has 12 nitrogen and oxygen atoms in total. The molecule has 4 N–H and O–H groups in total. The van der Waals surface area contributed by atoms with E-state index in [0.29, 0.717) is 50.0 Å². The second kappa shape index (κ2) is 11.4. The number of nitrogens with one attached hydrogen (secondary N) is 3. The predicted octanol–water partition coefficient (Wildman–Crippen LogP) is 2.84. The van der Waals surface area contributed by atoms with Crippen LogP contribution >= 0.6 is 0 Å². The van der Waals surface area contributed by atoms with E-state index in [1.807, 2.05) is 42.1 Å². The molecular weight excluding hydrogens is 512 g/mol. The molecule has 1 fully saturated rings. The third-order valence-corrected chi connectivity index (χ3v) is 6.83. The normalized spacial score (nSPS) is 15.2. The van der Waals surface area contributed by atoms with Crippen LogP contribution in [-0.4, -0.2) is 74.9 Å². The van der Waals surface area contributed by atoms with Crippen LogP contribution in [0.1, 0.15) is 35.6 Å². The Bertz CT molecular complexity index is 1410. The Balaban J connectivity index is 1.35. The highest BCUT2D eigenvalue weighted by atomic mass is 16.5. The van der Waals surface area contributed by atoms with Crippen LogP contribution in [0.15, 0.2) is 55.1 Å². The number of morpholine rings is 1. The zero-order valence-electron chi connectivity index (χ0n) is 22.8. The zero-order chi connectivity index (χ0) is 28.3. The van der Waals surface area contributed by atoms with Crippen LogP contribution in [0.5, 0.6) is 0 Å². The first-order valence-corrected chi connectivity index (χ1v) is 13.1. The van der Waals surface area contributed by atoms with Gasteiger partial charge < -0.3 is 40.2 Å². The number of rotatable bonds is 7. The Hall–Kier alpha value is -4.42. The van der Waals surface area contributed by atoms with E-state index in [4.69, 9.17) is 4.74 Å². The maximum Gasteiger partial charge on any atom is 0.319 e. The van der Waals surface area contributed by atoms with Gasteiger partial charge >= 0.3 is 6.03 Å². The Morgan fingerprint density at radius 3 is 2.65 bits per heavy atom. The summed E-state index contributed by atoms with van der Waals surface area (Å²) in [5.74, 6) is 1.28. The molecule has 2 aliphatic rings. The highest BCUT2D eigenvalue weighted by Crippen LogP contribution is 2.31. The van der Waals surface area contributed by atoms with Crippen molar-refractivity contribution in [2.75, 3.05) is 48.4 Å². The SMILES string of the molecule is Cc1c(NC(=O)NC(C)(C)CO)cccc1N1C=C(Nc2ccc(C(=O)N3CCOCC3)cn2)c2nccn2C1. The second-order valence-corrected chi connectivity index (χ2v) is 10.4. The summed E-state index contributed by atoms with van der Waals surface area (Å²) >= 11 is 0. The Morgan fingerprint density at radius 1 is 1.12 bits per heavy atom. The van der Waals surface area contributed by atoms with Crippen LogP contribution in [0.3, 0.4) is 0 Å². The van der Waals surface area contributed by atoms with Crippen LogP contribution in [0, 0.1) is 6.92 Å². The fraction of sp³-hybridized carbons (Fsp3) is 0.357. The van der Waals surface area contributed by atoms with Gasteiger partial charge in [0.15, 0.2) is 5.82 Å². The monoisotopic (exact) mass is 546 g/mol. The molecule has 210 valence electrons. The smallest absolute Gasteiger partial charge is 0.319 e. The highest BCUT2D eigenvalue weighted by molar-refractivity contribution is 5.94. The largest absolute Gasteiger partial charge is 0.394 e. The van der Waals surface area contributed by atoms with Crippen LogP contribution in [0.4, 0.5) is 22.0 Å². The topological polar surface area (TPSA) is 137 Å². The number of aliphatic hydroxyl groups is 1. The van der Waals surface area contributed by atoms with Crippen molar-refractivity contribution >= 4 is 34.8 Å². The number of hydrogen-bond donors (Lipinski definition) is 4. The first-order valence-electron chi connectivity index (χ1n) is 13.1. The Morgan fingerprint density at radius 2 is 1.93 bits per heavy atom. The number of carbonyl (C=O) groups excluding carboxylic acids is 2. The number of imidazole rings is 1. The van der Waals surface area contributed by atoms with Crippen LogP contribution in [0.2, 0.25) is 0 Å². The molecule has 0 spiro atoms. The third-order valence-electron chi connectivity index (χ3n) is 6.83. The van der Waals surface area contributed by atoms with Crippen LogP contribution in [0.25, 0.3) is 5.70 Å². The average molecular weight is 547 g/mol. The molecule has 0 aliphatic carbocycles. The van der Waals surface area contributed by atoms with Gasteiger partial charge in [-0.05, 0) is 50.6 Å². The number of ether oxygens (including phenoxy) is 1. The van der Waals surface area contributed by atoms with Crippen LogP contribution < -0.4 is 20.9 Å². The Kier molecular flexibility index (Phi) is 7.71. The Labute approximate surface area is 232 Å². The van der Waals surface area contributed by atoms with Crippen molar-refractivity contribution in [1.82, 2.24) is 24.8 Å². The molecule has 40 heavy (non-hydrogen) atoms. The van der Waals surface area contributed by atoms with Crippen molar-refractivity contribution in [1.29, 1.82) is 0 Å². The number of aliphatic hydroxyl groups excluding tert-OH is 1. The summed E-state index contributed by atoms with van der Waals surface area (Å²) in [5, 5.41) is 18.5. The minimum atomic E-state index is -0.744. The summed E-state index contributed by atoms with van der Waals surface area (Å²) in [6, 6.07) is 8.85. The van der Waals surface area contributed by atoms with E-state index in [9.17, 15) is 14.7 Å². The number of aromatic nitrogens is 3. The second-order valence-electron chi connectivity index (χ2n) is 10.4. The first-order chi connectivity index (χ1) is 19.2. The van der Waals surface area contributed by atoms with Gasteiger partial charge in [-0.3, -0.25) is 4.79 Å². The van der Waals surface area contributed by atoms with E-state index in [1.165, 1.54) is 0 Å². The van der Waals surface area contributed by atoms with E-state index >= 15 is 0 Å². The number of benzene rings is 1. The van der Waals surface area contributed by atoms with Crippen molar-refractivity contribution in [2.45, 2.75) is 33.0 Å². The van der Waals surface area contributed by atoms with Gasteiger partial charge in [-0.1, -0.05) is 6.07 Å². The molecule has 2 aromatic heterocycles. The molecule has 3 aromatic rings. The lowest BCUT2D eigenvalue weighted by Gasteiger charge is -2.30. The predicted molar refractivity (Wildman–Crippen MR) is 152 cm³/mol. The number of nitrogens with zero attached hydrogens (tertiary/aromatic N) is 5. The quantitative estimate of drug-likeness (QED) is 0.355. The molecule has 5 rings (SSSR count). The standard InChI is InChI=1S/C28H34N8O4/c1-19-21(32-27(39)33-28(2,3)17-37)5-4-6-23(19)36-16-22(25-29-9-10-35(25)18-36)31-24-8-7-20(15-30-24)26(38)34-11-13-40-14-12-34/h4-10,15-16,37H,11-14,17-18H2,1-3H3,(H,30,31)(H2,32,33,39). The summed E-state index contributed by atoms with van der Waals surface area (Å²) in [4.78, 5) is 38.2. The molecule has 0 unspecified atom stereocenters. The zero-order valence-corrected chi connectivity index (χ0v) is 22.8. The molecule has 0 bridgehead atoms. The molecule has 0 radical (unpaired) electrons. The maximum absolute atomic E-state index is 12.8. The highest BCUT2D eigenvalue weighted by Gasteiger charge is 2.24. The maximum atomic E-state index is 12.8. The van der Waals surface area contributed by atoms with Crippen molar-refractivity contribution in [3.63, 3.8) is 0 Å². The summed E-state index contributed by atoms with van der Waals surface area (Å²) in [6.45, 7) is 8.02. The van der Waals surface area contributed by atoms with E-state index in [1.54, 1.807) is 43.3 Å². The van der Waals surface area contributed by atoms with Gasteiger partial charge in [-0.15, -0.1) is 0 Å².